The molecule has 0 saturated heterocycles. The fraction of sp³-hybridized carbons (Fsp3) is 0.550. The van der Waals surface area contributed by atoms with E-state index in [-0.39, 0.29) is 6.42 Å². The first-order valence-corrected chi connectivity index (χ1v) is 8.71. The first-order chi connectivity index (χ1) is 11.2. The Labute approximate surface area is 141 Å². The third-order valence-electron chi connectivity index (χ3n) is 3.36. The Morgan fingerprint density at radius 1 is 0.957 bits per heavy atom. The fourth-order valence-electron chi connectivity index (χ4n) is 2.01. The van der Waals surface area contributed by atoms with Gasteiger partial charge in [-0.15, -0.1) is 0 Å². The van der Waals surface area contributed by atoms with Gasteiger partial charge in [-0.2, -0.15) is 0 Å². The maximum atomic E-state index is 10.3. The van der Waals surface area contributed by atoms with Gasteiger partial charge in [0.1, 0.15) is 0 Å². The minimum absolute atomic E-state index is 0.175. The molecule has 0 aliphatic rings. The van der Waals surface area contributed by atoms with Crippen molar-refractivity contribution in [3.63, 3.8) is 0 Å². The molecule has 23 heavy (non-hydrogen) atoms. The van der Waals surface area contributed by atoms with Crippen LogP contribution in [0.5, 0.6) is 0 Å². The first kappa shape index (κ1) is 21.4. The Bertz CT molecular complexity index is 392. The number of carboxylic acids is 1. The van der Waals surface area contributed by atoms with Crippen molar-refractivity contribution in [1.82, 2.24) is 0 Å². The highest BCUT2D eigenvalue weighted by molar-refractivity contribution is 5.66. The van der Waals surface area contributed by atoms with Gasteiger partial charge in [0.2, 0.25) is 0 Å². The van der Waals surface area contributed by atoms with Crippen molar-refractivity contribution < 1.29 is 15.0 Å². The van der Waals surface area contributed by atoms with E-state index >= 15 is 0 Å². The number of carbonyl (C=O) groups is 1. The summed E-state index contributed by atoms with van der Waals surface area (Å²) in [5, 5.41) is 18.2. The van der Waals surface area contributed by atoms with Crippen molar-refractivity contribution in [2.24, 2.45) is 0 Å². The van der Waals surface area contributed by atoms with Gasteiger partial charge in [-0.3, -0.25) is 4.79 Å². The summed E-state index contributed by atoms with van der Waals surface area (Å²) in [4.78, 5) is 10.3. The largest absolute Gasteiger partial charge is 0.481 e. The lowest BCUT2D eigenvalue weighted by molar-refractivity contribution is -0.137. The van der Waals surface area contributed by atoms with Gasteiger partial charge in [0.05, 0.1) is 6.10 Å². The van der Waals surface area contributed by atoms with Crippen molar-refractivity contribution in [2.45, 2.75) is 70.8 Å². The number of allylic oxidation sites excluding steroid dienone is 7. The monoisotopic (exact) mass is 320 g/mol. The zero-order valence-corrected chi connectivity index (χ0v) is 14.4. The van der Waals surface area contributed by atoms with Crippen LogP contribution in [0.1, 0.15) is 64.7 Å². The van der Waals surface area contributed by atoms with E-state index in [1.54, 1.807) is 6.08 Å². The molecular formula is C20H32O3. The Hall–Kier alpha value is -1.61. The predicted molar refractivity (Wildman–Crippen MR) is 97.4 cm³/mol. The molecule has 0 aromatic carbocycles. The van der Waals surface area contributed by atoms with E-state index < -0.39 is 12.1 Å². The number of carboxylic acid groups (broad SMARTS) is 1. The van der Waals surface area contributed by atoms with E-state index in [4.69, 9.17) is 5.11 Å². The maximum absolute atomic E-state index is 10.3. The molecule has 0 radical (unpaired) electrons. The molecular weight excluding hydrogens is 288 g/mol. The van der Waals surface area contributed by atoms with E-state index in [2.05, 4.69) is 25.2 Å². The van der Waals surface area contributed by atoms with Crippen LogP contribution in [-0.4, -0.2) is 22.3 Å². The molecule has 0 fully saturated rings. The zero-order chi connectivity index (χ0) is 17.2. The highest BCUT2D eigenvalue weighted by atomic mass is 16.4. The van der Waals surface area contributed by atoms with Gasteiger partial charge in [0.15, 0.2) is 0 Å². The second kappa shape index (κ2) is 16.8. The molecule has 130 valence electrons. The summed E-state index contributed by atoms with van der Waals surface area (Å²) in [7, 11) is 0. The fourth-order valence-corrected chi connectivity index (χ4v) is 2.01. The third-order valence-corrected chi connectivity index (χ3v) is 3.36. The second-order valence-corrected chi connectivity index (χ2v) is 5.61. The Kier molecular flexibility index (Phi) is 15.6. The SMILES string of the molecule is CCCCCC=CCC=CC=CC=CC(O)CCCCC(=O)O. The van der Waals surface area contributed by atoms with Crippen LogP contribution in [0.4, 0.5) is 0 Å². The van der Waals surface area contributed by atoms with E-state index in [1.807, 2.05) is 24.3 Å². The van der Waals surface area contributed by atoms with Crippen LogP contribution < -0.4 is 0 Å². The van der Waals surface area contributed by atoms with Crippen molar-refractivity contribution in [1.29, 1.82) is 0 Å². The summed E-state index contributed by atoms with van der Waals surface area (Å²) in [6, 6.07) is 0. The number of aliphatic hydroxyl groups excluding tert-OH is 1. The molecule has 0 rings (SSSR count). The lowest BCUT2D eigenvalue weighted by Gasteiger charge is -2.03. The normalized spacial score (nSPS) is 13.8. The number of rotatable bonds is 14. The smallest absolute Gasteiger partial charge is 0.303 e. The number of unbranched alkanes of at least 4 members (excludes halogenated alkanes) is 4. The minimum Gasteiger partial charge on any atom is -0.481 e. The van der Waals surface area contributed by atoms with E-state index in [1.165, 1.54) is 25.7 Å². The maximum Gasteiger partial charge on any atom is 0.303 e. The Morgan fingerprint density at radius 2 is 1.74 bits per heavy atom. The van der Waals surface area contributed by atoms with Gasteiger partial charge in [0, 0.05) is 6.42 Å². The van der Waals surface area contributed by atoms with Gasteiger partial charge in [-0.25, -0.2) is 0 Å². The molecule has 0 spiro atoms. The van der Waals surface area contributed by atoms with Crippen molar-refractivity contribution >= 4 is 5.97 Å². The molecule has 0 aromatic rings. The van der Waals surface area contributed by atoms with Crippen LogP contribution in [0.25, 0.3) is 0 Å². The number of hydrogen-bond donors (Lipinski definition) is 2. The average molecular weight is 320 g/mol. The van der Waals surface area contributed by atoms with Gasteiger partial charge < -0.3 is 10.2 Å². The van der Waals surface area contributed by atoms with E-state index in [0.717, 1.165) is 12.8 Å². The summed E-state index contributed by atoms with van der Waals surface area (Å²) in [5.41, 5.74) is 0. The molecule has 0 saturated carbocycles. The summed E-state index contributed by atoms with van der Waals surface area (Å²) >= 11 is 0. The Morgan fingerprint density at radius 3 is 2.48 bits per heavy atom. The van der Waals surface area contributed by atoms with Gasteiger partial charge in [0.25, 0.3) is 0 Å². The molecule has 0 bridgehead atoms. The minimum atomic E-state index is -0.777. The molecule has 1 unspecified atom stereocenters. The molecule has 0 aliphatic heterocycles. The first-order valence-electron chi connectivity index (χ1n) is 8.71. The van der Waals surface area contributed by atoms with Crippen LogP contribution in [0.2, 0.25) is 0 Å². The average Bonchev–Trinajstić information content (AvgIpc) is 2.52. The van der Waals surface area contributed by atoms with Crippen LogP contribution in [0.15, 0.2) is 48.6 Å². The standard InChI is InChI=1S/C20H32O3/c1-2-3-4-5-6-7-8-9-10-11-12-13-16-19(21)17-14-15-18-20(22)23/h6-7,9-13,16,19,21H,2-5,8,14-15,17-18H2,1H3,(H,22,23). The third kappa shape index (κ3) is 18.3. The molecule has 1 atom stereocenters. The van der Waals surface area contributed by atoms with Crippen LogP contribution in [-0.2, 0) is 4.79 Å². The van der Waals surface area contributed by atoms with Crippen molar-refractivity contribution in [3.8, 4) is 0 Å². The second-order valence-electron chi connectivity index (χ2n) is 5.61. The predicted octanol–water partition coefficient (Wildman–Crippen LogP) is 5.19. The summed E-state index contributed by atoms with van der Waals surface area (Å²) in [6.45, 7) is 2.21. The molecule has 3 nitrogen and oxygen atoms in total. The number of aliphatic hydroxyl groups is 1. The number of hydrogen-bond acceptors (Lipinski definition) is 2. The van der Waals surface area contributed by atoms with E-state index in [0.29, 0.717) is 12.8 Å². The molecule has 2 N–H and O–H groups in total. The summed E-state index contributed by atoms with van der Waals surface area (Å²) in [6.07, 6.45) is 23.5. The lowest BCUT2D eigenvalue weighted by atomic mass is 10.1. The number of aliphatic carboxylic acids is 1. The highest BCUT2D eigenvalue weighted by Gasteiger charge is 2.00. The highest BCUT2D eigenvalue weighted by Crippen LogP contribution is 2.05. The summed E-state index contributed by atoms with van der Waals surface area (Å²) in [5.74, 6) is -0.777. The summed E-state index contributed by atoms with van der Waals surface area (Å²) < 4.78 is 0. The van der Waals surface area contributed by atoms with Crippen LogP contribution in [0, 0.1) is 0 Å². The van der Waals surface area contributed by atoms with Crippen molar-refractivity contribution in [2.75, 3.05) is 0 Å². The molecule has 0 aliphatic carbocycles. The van der Waals surface area contributed by atoms with Crippen LogP contribution in [0.3, 0.4) is 0 Å². The van der Waals surface area contributed by atoms with Gasteiger partial charge in [-0.05, 0) is 38.5 Å². The topological polar surface area (TPSA) is 57.5 Å². The quantitative estimate of drug-likeness (QED) is 0.263. The van der Waals surface area contributed by atoms with E-state index in [9.17, 15) is 9.90 Å². The molecule has 0 heterocycles. The molecule has 3 heteroatoms. The molecule has 0 aromatic heterocycles. The Balaban J connectivity index is 3.63. The van der Waals surface area contributed by atoms with Crippen molar-refractivity contribution in [3.05, 3.63) is 48.6 Å². The van der Waals surface area contributed by atoms with Gasteiger partial charge in [-0.1, -0.05) is 68.4 Å². The zero-order valence-electron chi connectivity index (χ0n) is 14.4. The van der Waals surface area contributed by atoms with Gasteiger partial charge >= 0.3 is 5.97 Å². The van der Waals surface area contributed by atoms with Crippen LogP contribution >= 0.6 is 0 Å². The lowest BCUT2D eigenvalue weighted by Crippen LogP contribution is -2.02. The molecule has 0 amide bonds.